The zero-order valence-electron chi connectivity index (χ0n) is 42.4. The lowest BCUT2D eigenvalue weighted by Crippen LogP contribution is -2.67. The van der Waals surface area contributed by atoms with Crippen molar-refractivity contribution in [3.63, 3.8) is 0 Å². The van der Waals surface area contributed by atoms with Gasteiger partial charge in [-0.25, -0.2) is 19.6 Å². The van der Waals surface area contributed by atoms with Crippen LogP contribution in [0.1, 0.15) is 35.3 Å². The number of anilines is 2. The Morgan fingerprint density at radius 2 is 1.05 bits per heavy atom. The number of rotatable bonds is 34. The summed E-state index contributed by atoms with van der Waals surface area (Å²) in [5.41, 5.74) is 5.43. The Kier molecular flexibility index (Phi) is 26.7. The van der Waals surface area contributed by atoms with Crippen LogP contribution in [0.2, 0.25) is 0 Å². The normalized spacial score (nSPS) is 16.9. The minimum Gasteiger partial charge on any atom is -0.481 e. The van der Waals surface area contributed by atoms with E-state index in [2.05, 4.69) is 43.2 Å². The second kappa shape index (κ2) is 32.0. The molecule has 0 aliphatic carbocycles. The first-order chi connectivity index (χ1) is 38.5. The molecule has 38 heteroatoms. The van der Waals surface area contributed by atoms with Gasteiger partial charge in [0.25, 0.3) is 11.5 Å². The number of aromatic amines is 1. The highest BCUT2D eigenvalue weighted by Gasteiger charge is 2.44. The lowest BCUT2D eigenvalue weighted by molar-refractivity contribution is -0.148. The minimum absolute atomic E-state index is 0.00368. The van der Waals surface area contributed by atoms with Crippen LogP contribution >= 0.6 is 12.6 Å². The van der Waals surface area contributed by atoms with Crippen LogP contribution in [0.25, 0.3) is 11.2 Å². The number of aliphatic hydroxyl groups excluding tert-OH is 12. The molecule has 0 aliphatic rings. The highest BCUT2D eigenvalue weighted by Crippen LogP contribution is 2.15. The summed E-state index contributed by atoms with van der Waals surface area (Å²) in [5, 5.41) is 166. The zero-order valence-corrected chi connectivity index (χ0v) is 43.3. The first-order valence-corrected chi connectivity index (χ1v) is 24.5. The van der Waals surface area contributed by atoms with Gasteiger partial charge >= 0.3 is 17.9 Å². The highest BCUT2D eigenvalue weighted by atomic mass is 32.1. The van der Waals surface area contributed by atoms with E-state index in [9.17, 15) is 125 Å². The van der Waals surface area contributed by atoms with Crippen molar-refractivity contribution in [3.8, 4) is 0 Å². The van der Waals surface area contributed by atoms with Crippen molar-refractivity contribution >= 4 is 88.8 Å². The number of H-pyrrole nitrogens is 1. The lowest BCUT2D eigenvalue weighted by Gasteiger charge is -2.33. The number of benzene rings is 1. The summed E-state index contributed by atoms with van der Waals surface area (Å²) in [5.74, 6) is -16.0. The Morgan fingerprint density at radius 1 is 0.585 bits per heavy atom. The summed E-state index contributed by atoms with van der Waals surface area (Å²) in [6.07, 6.45) is -25.0. The predicted octanol–water partition coefficient (Wildman–Crippen LogP) is -12.0. The number of thiol groups is 1. The fourth-order valence-corrected chi connectivity index (χ4v) is 7.36. The molecule has 0 aliphatic heterocycles. The van der Waals surface area contributed by atoms with Gasteiger partial charge in [0.1, 0.15) is 91.2 Å². The van der Waals surface area contributed by atoms with E-state index in [0.717, 1.165) is 0 Å². The monoisotopic (exact) mass is 1190 g/mol. The average molecular weight is 1190 g/mol. The minimum atomic E-state index is -2.87. The smallest absolute Gasteiger partial charge is 0.327 e. The van der Waals surface area contributed by atoms with E-state index in [4.69, 9.17) is 5.73 Å². The highest BCUT2D eigenvalue weighted by molar-refractivity contribution is 7.80. The lowest BCUT2D eigenvalue weighted by atomic mass is 9.96. The number of fused-ring (bicyclic) bond motifs is 1. The number of carbonyl (C=O) groups excluding carboxylic acids is 6. The zero-order chi connectivity index (χ0) is 61.9. The molecule has 0 saturated carbocycles. The number of nitrogens with one attached hydrogen (secondary N) is 8. The second-order valence-electron chi connectivity index (χ2n) is 17.8. The number of amides is 6. The maximum absolute atomic E-state index is 13.9. The SMILES string of the molecule is Nc1nc2ncc(CNc3ccc(C(=O)N[C@@H](CCC(=O)N[C@H](C(=O)N[C@@H](CC(=O)O)C(=O)N[C@H](C(=O)NC(C(=O)N[C@H](CS)C(=O)O)C(O)[C@H](O)[C@H](O)CO)[C@@H](O)[C@H](O)[C@H](O)CO)[C@@H](O)[C@H](O)[C@H](O)CO)C(=O)O)cc3)nc2c(=O)[nH]1. The Bertz CT molecular complexity index is 2780. The van der Waals surface area contributed by atoms with Crippen molar-refractivity contribution in [2.75, 3.05) is 36.6 Å². The van der Waals surface area contributed by atoms with Crippen LogP contribution in [0.4, 0.5) is 11.6 Å². The van der Waals surface area contributed by atoms with E-state index >= 15 is 0 Å². The van der Waals surface area contributed by atoms with Gasteiger partial charge in [-0.1, -0.05) is 0 Å². The van der Waals surface area contributed by atoms with Gasteiger partial charge in [-0.2, -0.15) is 17.6 Å². The Labute approximate surface area is 465 Å². The number of carboxylic acids is 3. The van der Waals surface area contributed by atoms with Crippen LogP contribution < -0.4 is 48.5 Å². The van der Waals surface area contributed by atoms with Crippen molar-refractivity contribution in [1.82, 2.24) is 51.8 Å². The van der Waals surface area contributed by atoms with Crippen molar-refractivity contribution in [1.29, 1.82) is 0 Å². The first kappa shape index (κ1) is 68.4. The van der Waals surface area contributed by atoms with Crippen molar-refractivity contribution in [2.24, 2.45) is 0 Å². The Morgan fingerprint density at radius 3 is 1.51 bits per heavy atom. The third-order valence-corrected chi connectivity index (χ3v) is 12.1. The number of hydrogen-bond acceptors (Lipinski definition) is 28. The maximum Gasteiger partial charge on any atom is 0.327 e. The molecule has 0 fully saturated rings. The number of nitrogens with two attached hydrogens (primary N) is 1. The van der Waals surface area contributed by atoms with Crippen LogP contribution in [-0.2, 0) is 44.9 Å². The second-order valence-corrected chi connectivity index (χ2v) is 18.1. The molecule has 1 aromatic carbocycles. The quantitative estimate of drug-likeness (QED) is 0.0247. The van der Waals surface area contributed by atoms with Gasteiger partial charge in [0.05, 0.1) is 44.7 Å². The van der Waals surface area contributed by atoms with Gasteiger partial charge in [-0.05, 0) is 30.7 Å². The van der Waals surface area contributed by atoms with E-state index in [-0.39, 0.29) is 29.2 Å². The van der Waals surface area contributed by atoms with Crippen molar-refractivity contribution in [3.05, 3.63) is 52.1 Å². The van der Waals surface area contributed by atoms with E-state index in [1.807, 2.05) is 5.32 Å². The van der Waals surface area contributed by atoms with Crippen LogP contribution in [0.5, 0.6) is 0 Å². The van der Waals surface area contributed by atoms with Gasteiger partial charge in [0.2, 0.25) is 35.5 Å². The van der Waals surface area contributed by atoms with Gasteiger partial charge in [-0.3, -0.25) is 43.3 Å². The topological polar surface area (TPSA) is 639 Å². The fourth-order valence-electron chi connectivity index (χ4n) is 7.11. The van der Waals surface area contributed by atoms with Gasteiger partial charge in [-0.15, -0.1) is 0 Å². The summed E-state index contributed by atoms with van der Waals surface area (Å²) < 4.78 is 0. The molecular weight excluding hydrogens is 1130 g/mol. The maximum atomic E-state index is 13.9. The number of hydrogen-bond donors (Lipinski definition) is 25. The van der Waals surface area contributed by atoms with Gasteiger partial charge < -0.3 is 120 Å². The summed E-state index contributed by atoms with van der Waals surface area (Å²) >= 11 is 3.75. The number of aliphatic hydroxyl groups is 12. The average Bonchev–Trinajstić information content (AvgIpc) is 3.62. The molecular formula is C44H62N12O25S. The molecule has 0 radical (unpaired) electrons. The molecule has 6 amide bonds. The first-order valence-electron chi connectivity index (χ1n) is 23.9. The Balaban J connectivity index is 1.87. The molecule has 0 saturated heterocycles. The van der Waals surface area contributed by atoms with E-state index in [0.29, 0.717) is 11.4 Å². The Hall–Kier alpha value is -7.86. The molecule has 3 rings (SSSR count). The number of carboxylic acid groups (broad SMARTS) is 3. The number of nitrogen functional groups attached to an aromatic ring is 1. The van der Waals surface area contributed by atoms with Crippen molar-refractivity contribution in [2.45, 2.75) is 117 Å². The van der Waals surface area contributed by atoms with Crippen LogP contribution in [0, 0.1) is 0 Å². The molecule has 3 aromatic rings. The standard InChI is InChI=1S/C44H62N12O25S/c45-44-55-35-28(41(77)56-44)48-16(9-47-35)8-46-15-3-1-14(2-4-15)36(72)49-17(42(78)79)5-6-23(63)52-25(32(69)29(66)20(60)10-57)38(74)50-18(7-24(64)65)37(73)53-27(34(71)31(68)22(62)12-59)40(76)54-26(33(70)30(67)21(61)11-58)39(75)51-19(13-82)43(80)81/h1-4,9,17-22,25-27,29-34,46,57-62,66-71,82H,5-8,10-13H2,(H,49,72)(H,50,74)(H,51,75)(H,52,63)(H,53,73)(H,54,76)(H,64,65)(H,78,79)(H,80,81)(H3,45,47,55,56,77)/t17-,18-,19+,20+,21+,22+,25-,26?,27-,29+,30+,31+,32+,33?,34+/m0/s1. The van der Waals surface area contributed by atoms with Crippen LogP contribution in [0.3, 0.4) is 0 Å². The molecule has 2 aromatic heterocycles. The fraction of sp³-hybridized carbons (Fsp3) is 0.523. The third kappa shape index (κ3) is 19.4. The summed E-state index contributed by atoms with van der Waals surface area (Å²) in [6.45, 7) is -3.94. The van der Waals surface area contributed by atoms with Crippen LogP contribution in [-0.4, -0.2) is 267 Å². The number of nitrogens with zero attached hydrogens (tertiary/aromatic N) is 3. The molecule has 82 heavy (non-hydrogen) atoms. The summed E-state index contributed by atoms with van der Waals surface area (Å²) in [7, 11) is 0. The van der Waals surface area contributed by atoms with Gasteiger partial charge in [0, 0.05) is 23.4 Å². The molecule has 15 atom stereocenters. The van der Waals surface area contributed by atoms with Gasteiger partial charge in [0.15, 0.2) is 11.2 Å². The van der Waals surface area contributed by atoms with E-state index in [1.54, 1.807) is 21.3 Å². The number of carbonyl (C=O) groups is 9. The summed E-state index contributed by atoms with van der Waals surface area (Å²) in [6, 6.07) is -9.05. The molecule has 0 bridgehead atoms. The molecule has 2 unspecified atom stereocenters. The predicted molar refractivity (Wildman–Crippen MR) is 273 cm³/mol. The van der Waals surface area contributed by atoms with E-state index < -0.39 is 195 Å². The number of aromatic nitrogens is 4. The number of aliphatic carboxylic acids is 3. The molecule has 454 valence electrons. The third-order valence-electron chi connectivity index (χ3n) is 11.8. The molecule has 0 spiro atoms. The van der Waals surface area contributed by atoms with E-state index in [1.165, 1.54) is 30.5 Å². The molecule has 37 nitrogen and oxygen atoms in total. The van der Waals surface area contributed by atoms with Crippen molar-refractivity contribution < 1.29 is 120 Å². The molecule has 2 heterocycles. The summed E-state index contributed by atoms with van der Waals surface area (Å²) in [4.78, 5) is 144. The molecule has 25 N–H and O–H groups in total. The largest absolute Gasteiger partial charge is 0.481 e. The van der Waals surface area contributed by atoms with Crippen LogP contribution in [0.15, 0.2) is 35.3 Å².